The van der Waals surface area contributed by atoms with Crippen molar-refractivity contribution in [1.82, 2.24) is 14.5 Å². The molecule has 9 nitrogen and oxygen atoms in total. The van der Waals surface area contributed by atoms with Crippen LogP contribution in [0.25, 0.3) is 0 Å². The zero-order valence-electron chi connectivity index (χ0n) is 18.6. The minimum absolute atomic E-state index is 0.183. The molecule has 0 unspecified atom stereocenters. The highest BCUT2D eigenvalue weighted by atomic mass is 32.2. The van der Waals surface area contributed by atoms with E-state index in [0.29, 0.717) is 50.0 Å². The van der Waals surface area contributed by atoms with E-state index >= 15 is 0 Å². The molecule has 0 spiro atoms. The number of hydrogen-bond acceptors (Lipinski definition) is 8. The standard InChI is InChI=1S/C23H27N5O4S/c1-31-20-9-8-19(16-21(20)32-2)33(29,30)28-14-12-27(13-15-28)23-11-10-22(25-26-23)24-17-18-6-4-3-5-7-18/h3-11,16H,12-15,17H2,1-2H3,(H,24,25). The first-order valence-electron chi connectivity index (χ1n) is 10.6. The van der Waals surface area contributed by atoms with Crippen molar-refractivity contribution in [3.63, 3.8) is 0 Å². The third-order valence-corrected chi connectivity index (χ3v) is 7.42. The molecule has 2 aromatic carbocycles. The summed E-state index contributed by atoms with van der Waals surface area (Å²) in [6, 6.07) is 18.5. The van der Waals surface area contributed by atoms with E-state index in [-0.39, 0.29) is 4.90 Å². The summed E-state index contributed by atoms with van der Waals surface area (Å²) in [4.78, 5) is 2.22. The van der Waals surface area contributed by atoms with Crippen molar-refractivity contribution in [3.8, 4) is 11.5 Å². The normalized spacial score (nSPS) is 14.7. The highest BCUT2D eigenvalue weighted by molar-refractivity contribution is 7.89. The van der Waals surface area contributed by atoms with Crippen molar-refractivity contribution < 1.29 is 17.9 Å². The predicted octanol–water partition coefficient (Wildman–Crippen LogP) is 2.62. The highest BCUT2D eigenvalue weighted by Crippen LogP contribution is 2.31. The Morgan fingerprint density at radius 2 is 1.61 bits per heavy atom. The molecular formula is C23H27N5O4S. The number of ether oxygens (including phenoxy) is 2. The van der Waals surface area contributed by atoms with Gasteiger partial charge in [0.05, 0.1) is 19.1 Å². The topological polar surface area (TPSA) is 96.9 Å². The van der Waals surface area contributed by atoms with E-state index in [9.17, 15) is 8.42 Å². The summed E-state index contributed by atoms with van der Waals surface area (Å²) in [5, 5.41) is 11.8. The van der Waals surface area contributed by atoms with E-state index in [4.69, 9.17) is 9.47 Å². The van der Waals surface area contributed by atoms with E-state index in [1.54, 1.807) is 6.07 Å². The molecule has 0 saturated carbocycles. The zero-order chi connectivity index (χ0) is 23.3. The molecule has 0 atom stereocenters. The average Bonchev–Trinajstić information content (AvgIpc) is 2.88. The Hall–Kier alpha value is -3.37. The molecular weight excluding hydrogens is 442 g/mol. The quantitative estimate of drug-likeness (QED) is 0.538. The van der Waals surface area contributed by atoms with E-state index in [1.165, 1.54) is 30.7 Å². The summed E-state index contributed by atoms with van der Waals surface area (Å²) in [6.07, 6.45) is 0. The van der Waals surface area contributed by atoms with Gasteiger partial charge in [-0.05, 0) is 29.8 Å². The van der Waals surface area contributed by atoms with E-state index in [2.05, 4.69) is 15.5 Å². The molecule has 0 amide bonds. The molecule has 2 heterocycles. The Kier molecular flexibility index (Phi) is 6.95. The van der Waals surface area contributed by atoms with E-state index in [0.717, 1.165) is 11.4 Å². The lowest BCUT2D eigenvalue weighted by atomic mass is 10.2. The molecule has 10 heteroatoms. The van der Waals surface area contributed by atoms with Crippen LogP contribution in [0.1, 0.15) is 5.56 Å². The summed E-state index contributed by atoms with van der Waals surface area (Å²) in [6.45, 7) is 2.43. The van der Waals surface area contributed by atoms with Crippen LogP contribution in [0.15, 0.2) is 65.6 Å². The van der Waals surface area contributed by atoms with Crippen molar-refractivity contribution in [2.24, 2.45) is 0 Å². The van der Waals surface area contributed by atoms with Gasteiger partial charge in [-0.2, -0.15) is 4.31 Å². The van der Waals surface area contributed by atoms with Crippen LogP contribution in [0.2, 0.25) is 0 Å². The Labute approximate surface area is 194 Å². The highest BCUT2D eigenvalue weighted by Gasteiger charge is 2.29. The maximum atomic E-state index is 13.1. The fraction of sp³-hybridized carbons (Fsp3) is 0.304. The van der Waals surface area contributed by atoms with Crippen LogP contribution in [0.3, 0.4) is 0 Å². The van der Waals surface area contributed by atoms with Crippen LogP contribution < -0.4 is 19.7 Å². The monoisotopic (exact) mass is 469 g/mol. The van der Waals surface area contributed by atoms with Gasteiger partial charge in [0.15, 0.2) is 17.3 Å². The first kappa shape index (κ1) is 22.8. The molecule has 1 aliphatic heterocycles. The second-order valence-corrected chi connectivity index (χ2v) is 9.46. The Balaban J connectivity index is 1.36. The number of anilines is 2. The van der Waals surface area contributed by atoms with Gasteiger partial charge in [-0.25, -0.2) is 8.42 Å². The van der Waals surface area contributed by atoms with Crippen molar-refractivity contribution in [2.45, 2.75) is 11.4 Å². The number of hydrogen-bond donors (Lipinski definition) is 1. The molecule has 1 saturated heterocycles. The number of rotatable bonds is 8. The number of sulfonamides is 1. The molecule has 1 aliphatic rings. The molecule has 0 radical (unpaired) electrons. The molecule has 3 aromatic rings. The summed E-state index contributed by atoms with van der Waals surface area (Å²) >= 11 is 0. The van der Waals surface area contributed by atoms with Crippen LogP contribution in [0, 0.1) is 0 Å². The molecule has 1 fully saturated rings. The summed E-state index contributed by atoms with van der Waals surface area (Å²) in [5.41, 5.74) is 1.16. The predicted molar refractivity (Wildman–Crippen MR) is 126 cm³/mol. The summed E-state index contributed by atoms with van der Waals surface area (Å²) in [5.74, 6) is 2.29. The first-order chi connectivity index (χ1) is 16.0. The van der Waals surface area contributed by atoms with Gasteiger partial charge in [0, 0.05) is 38.8 Å². The minimum atomic E-state index is -3.64. The fourth-order valence-electron chi connectivity index (χ4n) is 3.66. The lowest BCUT2D eigenvalue weighted by Gasteiger charge is -2.34. The SMILES string of the molecule is COc1ccc(S(=O)(=O)N2CCN(c3ccc(NCc4ccccc4)nn3)CC2)cc1OC. The maximum absolute atomic E-state index is 13.1. The van der Waals surface area contributed by atoms with Gasteiger partial charge in [-0.15, -0.1) is 10.2 Å². The first-order valence-corrected chi connectivity index (χ1v) is 12.0. The van der Waals surface area contributed by atoms with Crippen LogP contribution in [0.5, 0.6) is 11.5 Å². The van der Waals surface area contributed by atoms with Crippen molar-refractivity contribution in [3.05, 3.63) is 66.2 Å². The van der Waals surface area contributed by atoms with Gasteiger partial charge in [0.2, 0.25) is 10.0 Å². The number of aromatic nitrogens is 2. The molecule has 4 rings (SSSR count). The second kappa shape index (κ2) is 10.1. The maximum Gasteiger partial charge on any atom is 0.243 e. The van der Waals surface area contributed by atoms with Gasteiger partial charge in [-0.3, -0.25) is 0 Å². The smallest absolute Gasteiger partial charge is 0.243 e. The van der Waals surface area contributed by atoms with Crippen LogP contribution in [-0.4, -0.2) is 63.3 Å². The second-order valence-electron chi connectivity index (χ2n) is 7.52. The van der Waals surface area contributed by atoms with Gasteiger partial charge in [0.25, 0.3) is 0 Å². The van der Waals surface area contributed by atoms with E-state index in [1.807, 2.05) is 47.4 Å². The summed E-state index contributed by atoms with van der Waals surface area (Å²) in [7, 11) is -0.644. The van der Waals surface area contributed by atoms with Crippen LogP contribution in [0.4, 0.5) is 11.6 Å². The Morgan fingerprint density at radius 1 is 0.879 bits per heavy atom. The van der Waals surface area contributed by atoms with E-state index < -0.39 is 10.0 Å². The molecule has 0 aliphatic carbocycles. The van der Waals surface area contributed by atoms with Crippen LogP contribution in [-0.2, 0) is 16.6 Å². The molecule has 1 aromatic heterocycles. The largest absolute Gasteiger partial charge is 0.493 e. The van der Waals surface area contributed by atoms with Gasteiger partial charge in [0.1, 0.15) is 5.82 Å². The molecule has 1 N–H and O–H groups in total. The lowest BCUT2D eigenvalue weighted by Crippen LogP contribution is -2.49. The van der Waals surface area contributed by atoms with Gasteiger partial charge < -0.3 is 19.7 Å². The van der Waals surface area contributed by atoms with Gasteiger partial charge in [-0.1, -0.05) is 30.3 Å². The third kappa shape index (κ3) is 5.18. The zero-order valence-corrected chi connectivity index (χ0v) is 19.5. The fourth-order valence-corrected chi connectivity index (χ4v) is 5.10. The molecule has 0 bridgehead atoms. The third-order valence-electron chi connectivity index (χ3n) is 5.52. The van der Waals surface area contributed by atoms with Crippen molar-refractivity contribution in [2.75, 3.05) is 50.6 Å². The Bertz CT molecular complexity index is 1170. The Morgan fingerprint density at radius 3 is 2.24 bits per heavy atom. The van der Waals surface area contributed by atoms with Crippen molar-refractivity contribution >= 4 is 21.7 Å². The van der Waals surface area contributed by atoms with Gasteiger partial charge >= 0.3 is 0 Å². The molecule has 33 heavy (non-hydrogen) atoms. The number of nitrogens with one attached hydrogen (secondary N) is 1. The molecule has 174 valence electrons. The number of piperazine rings is 1. The number of benzene rings is 2. The van der Waals surface area contributed by atoms with Crippen LogP contribution >= 0.6 is 0 Å². The number of methoxy groups -OCH3 is 2. The average molecular weight is 470 g/mol. The summed E-state index contributed by atoms with van der Waals surface area (Å²) < 4.78 is 38.1. The van der Waals surface area contributed by atoms with Crippen molar-refractivity contribution in [1.29, 1.82) is 0 Å². The minimum Gasteiger partial charge on any atom is -0.493 e. The number of nitrogens with zero attached hydrogens (tertiary/aromatic N) is 4. The lowest BCUT2D eigenvalue weighted by molar-refractivity contribution is 0.353.